The van der Waals surface area contributed by atoms with Gasteiger partial charge in [-0.1, -0.05) is 50.1 Å². The minimum Gasteiger partial charge on any atom is -0.267 e. The van der Waals surface area contributed by atoms with Gasteiger partial charge < -0.3 is 0 Å². The molecule has 5 heteroatoms. The average Bonchev–Trinajstić information content (AvgIpc) is 2.41. The van der Waals surface area contributed by atoms with Gasteiger partial charge in [0.05, 0.1) is 6.21 Å². The van der Waals surface area contributed by atoms with E-state index in [9.17, 15) is 4.79 Å². The Balaban J connectivity index is 1.98. The second-order valence-electron chi connectivity index (χ2n) is 3.76. The van der Waals surface area contributed by atoms with Gasteiger partial charge in [0, 0.05) is 14.5 Å². The predicted molar refractivity (Wildman–Crippen MR) is 83.3 cm³/mol. The van der Waals surface area contributed by atoms with Gasteiger partial charge in [0.1, 0.15) is 0 Å². The highest BCUT2D eigenvalue weighted by Gasteiger charge is 2.03. The molecule has 0 saturated carbocycles. The summed E-state index contributed by atoms with van der Waals surface area (Å²) in [7, 11) is 0. The molecule has 0 radical (unpaired) electrons. The molecule has 0 saturated heterocycles. The van der Waals surface area contributed by atoms with Crippen molar-refractivity contribution in [2.45, 2.75) is 0 Å². The van der Waals surface area contributed by atoms with Gasteiger partial charge in [-0.25, -0.2) is 5.43 Å². The van der Waals surface area contributed by atoms with E-state index in [0.717, 1.165) is 14.5 Å². The number of amides is 1. The molecule has 1 amide bonds. The fraction of sp³-hybridized carbons (Fsp3) is 0. The van der Waals surface area contributed by atoms with Crippen LogP contribution in [0.4, 0.5) is 0 Å². The Morgan fingerprint density at radius 1 is 1.05 bits per heavy atom. The topological polar surface area (TPSA) is 41.5 Å². The molecule has 0 spiro atoms. The lowest BCUT2D eigenvalue weighted by Gasteiger charge is -2.00. The van der Waals surface area contributed by atoms with Crippen LogP contribution in [0.2, 0.25) is 0 Å². The van der Waals surface area contributed by atoms with Crippen molar-refractivity contribution in [1.29, 1.82) is 0 Å². The summed E-state index contributed by atoms with van der Waals surface area (Å²) < 4.78 is 1.86. The molecular weight excluding hydrogens is 372 g/mol. The van der Waals surface area contributed by atoms with Gasteiger partial charge in [-0.05, 0) is 35.9 Å². The summed E-state index contributed by atoms with van der Waals surface area (Å²) in [5.41, 5.74) is 3.96. The van der Waals surface area contributed by atoms with Crippen molar-refractivity contribution in [2.24, 2.45) is 5.10 Å². The van der Waals surface area contributed by atoms with Crippen LogP contribution < -0.4 is 5.43 Å². The number of carbonyl (C=O) groups is 1. The molecule has 0 aromatic heterocycles. The van der Waals surface area contributed by atoms with Crippen LogP contribution in [0.15, 0.2) is 62.6 Å². The molecule has 3 nitrogen and oxygen atoms in total. The zero-order chi connectivity index (χ0) is 13.7. The highest BCUT2D eigenvalue weighted by molar-refractivity contribution is 9.10. The van der Waals surface area contributed by atoms with E-state index in [1.807, 2.05) is 30.3 Å². The van der Waals surface area contributed by atoms with Gasteiger partial charge in [0.15, 0.2) is 0 Å². The SMILES string of the molecule is O=C(N/N=C\c1ccc(Br)cc1)c1cccc(Br)c1. The summed E-state index contributed by atoms with van der Waals surface area (Å²) in [6.45, 7) is 0. The number of hydrogen-bond acceptors (Lipinski definition) is 2. The Kier molecular flexibility index (Phi) is 4.87. The van der Waals surface area contributed by atoms with E-state index in [2.05, 4.69) is 42.4 Å². The normalized spacial score (nSPS) is 10.6. The van der Waals surface area contributed by atoms with Crippen LogP contribution >= 0.6 is 31.9 Å². The monoisotopic (exact) mass is 380 g/mol. The summed E-state index contributed by atoms with van der Waals surface area (Å²) in [5, 5.41) is 3.92. The lowest BCUT2D eigenvalue weighted by molar-refractivity contribution is 0.0955. The smallest absolute Gasteiger partial charge is 0.267 e. The van der Waals surface area contributed by atoms with Crippen LogP contribution in [-0.2, 0) is 0 Å². The Labute approximate surface area is 128 Å². The molecule has 0 heterocycles. The van der Waals surface area contributed by atoms with Crippen LogP contribution in [-0.4, -0.2) is 12.1 Å². The quantitative estimate of drug-likeness (QED) is 0.634. The summed E-state index contributed by atoms with van der Waals surface area (Å²) in [4.78, 5) is 11.8. The maximum Gasteiger partial charge on any atom is 0.271 e. The first-order valence-electron chi connectivity index (χ1n) is 5.50. The van der Waals surface area contributed by atoms with Crippen molar-refractivity contribution in [3.8, 4) is 0 Å². The summed E-state index contributed by atoms with van der Waals surface area (Å²) in [5.74, 6) is -0.241. The number of rotatable bonds is 3. The number of halogens is 2. The lowest BCUT2D eigenvalue weighted by atomic mass is 10.2. The van der Waals surface area contributed by atoms with Gasteiger partial charge in [0.2, 0.25) is 0 Å². The molecule has 0 bridgehead atoms. The maximum absolute atomic E-state index is 11.8. The van der Waals surface area contributed by atoms with E-state index in [0.29, 0.717) is 5.56 Å². The fourth-order valence-corrected chi connectivity index (χ4v) is 2.07. The molecular formula is C14H10Br2N2O. The van der Waals surface area contributed by atoms with E-state index in [-0.39, 0.29) is 5.91 Å². The van der Waals surface area contributed by atoms with Crippen molar-refractivity contribution in [3.63, 3.8) is 0 Å². The number of carbonyl (C=O) groups excluding carboxylic acids is 1. The first-order chi connectivity index (χ1) is 9.15. The minimum absolute atomic E-state index is 0.241. The van der Waals surface area contributed by atoms with Gasteiger partial charge in [-0.3, -0.25) is 4.79 Å². The van der Waals surface area contributed by atoms with E-state index >= 15 is 0 Å². The summed E-state index contributed by atoms with van der Waals surface area (Å²) >= 11 is 6.67. The molecule has 19 heavy (non-hydrogen) atoms. The molecule has 96 valence electrons. The molecule has 1 N–H and O–H groups in total. The average molecular weight is 382 g/mol. The number of nitrogens with zero attached hydrogens (tertiary/aromatic N) is 1. The number of hydrogen-bond donors (Lipinski definition) is 1. The van der Waals surface area contributed by atoms with Crippen molar-refractivity contribution in [1.82, 2.24) is 5.43 Å². The molecule has 0 atom stereocenters. The Morgan fingerprint density at radius 3 is 2.47 bits per heavy atom. The zero-order valence-corrected chi connectivity index (χ0v) is 13.0. The van der Waals surface area contributed by atoms with Crippen molar-refractivity contribution in [2.75, 3.05) is 0 Å². The Hall–Kier alpha value is -1.46. The van der Waals surface area contributed by atoms with Crippen LogP contribution in [0, 0.1) is 0 Å². The third kappa shape index (κ3) is 4.29. The van der Waals surface area contributed by atoms with E-state index < -0.39 is 0 Å². The molecule has 2 aromatic rings. The van der Waals surface area contributed by atoms with Crippen LogP contribution in [0.5, 0.6) is 0 Å². The van der Waals surface area contributed by atoms with Crippen molar-refractivity contribution >= 4 is 44.0 Å². The van der Waals surface area contributed by atoms with Gasteiger partial charge >= 0.3 is 0 Å². The van der Waals surface area contributed by atoms with E-state index in [1.54, 1.807) is 24.4 Å². The summed E-state index contributed by atoms with van der Waals surface area (Å²) in [6.07, 6.45) is 1.60. The molecule has 0 aliphatic rings. The first-order valence-corrected chi connectivity index (χ1v) is 7.08. The molecule has 0 fully saturated rings. The Morgan fingerprint density at radius 2 is 1.79 bits per heavy atom. The first kappa shape index (κ1) is 14.0. The number of nitrogens with one attached hydrogen (secondary N) is 1. The number of benzene rings is 2. The van der Waals surface area contributed by atoms with Crippen LogP contribution in [0.1, 0.15) is 15.9 Å². The maximum atomic E-state index is 11.8. The zero-order valence-electron chi connectivity index (χ0n) is 9.81. The van der Waals surface area contributed by atoms with Gasteiger partial charge in [-0.2, -0.15) is 5.10 Å². The highest BCUT2D eigenvalue weighted by atomic mass is 79.9. The largest absolute Gasteiger partial charge is 0.271 e. The number of hydrazone groups is 1. The second kappa shape index (κ2) is 6.63. The second-order valence-corrected chi connectivity index (χ2v) is 5.59. The predicted octanol–water partition coefficient (Wildman–Crippen LogP) is 3.98. The Bertz CT molecular complexity index is 609. The van der Waals surface area contributed by atoms with Crippen LogP contribution in [0.25, 0.3) is 0 Å². The van der Waals surface area contributed by atoms with Gasteiger partial charge in [0.25, 0.3) is 5.91 Å². The third-order valence-electron chi connectivity index (χ3n) is 2.34. The molecule has 0 aliphatic carbocycles. The lowest BCUT2D eigenvalue weighted by Crippen LogP contribution is -2.17. The third-order valence-corrected chi connectivity index (χ3v) is 3.36. The molecule has 2 aromatic carbocycles. The van der Waals surface area contributed by atoms with E-state index in [1.165, 1.54) is 0 Å². The van der Waals surface area contributed by atoms with Crippen LogP contribution in [0.3, 0.4) is 0 Å². The molecule has 0 aliphatic heterocycles. The van der Waals surface area contributed by atoms with Crippen molar-refractivity contribution in [3.05, 3.63) is 68.6 Å². The van der Waals surface area contributed by atoms with Crippen molar-refractivity contribution < 1.29 is 4.79 Å². The van der Waals surface area contributed by atoms with Gasteiger partial charge in [-0.15, -0.1) is 0 Å². The fourth-order valence-electron chi connectivity index (χ4n) is 1.41. The van der Waals surface area contributed by atoms with E-state index in [4.69, 9.17) is 0 Å². The summed E-state index contributed by atoms with van der Waals surface area (Å²) in [6, 6.07) is 14.8. The highest BCUT2D eigenvalue weighted by Crippen LogP contribution is 2.11. The molecule has 2 rings (SSSR count). The molecule has 0 unspecified atom stereocenters. The standard InChI is InChI=1S/C14H10Br2N2O/c15-12-6-4-10(5-7-12)9-17-18-14(19)11-2-1-3-13(16)8-11/h1-9H,(H,18,19)/b17-9-. The minimum atomic E-state index is -0.241.